The van der Waals surface area contributed by atoms with Crippen LogP contribution < -0.4 is 10.2 Å². The maximum Gasteiger partial charge on any atom is 0.318 e. The molecule has 5 nitrogen and oxygen atoms in total. The lowest BCUT2D eigenvalue weighted by Crippen LogP contribution is -2.32. The molecule has 1 N–H and O–H groups in total. The summed E-state index contributed by atoms with van der Waals surface area (Å²) in [6.45, 7) is 3.12. The van der Waals surface area contributed by atoms with Gasteiger partial charge in [0.05, 0.1) is 6.04 Å². The second-order valence-electron chi connectivity index (χ2n) is 4.92. The van der Waals surface area contributed by atoms with Gasteiger partial charge in [0.1, 0.15) is 0 Å². The molecule has 3 unspecified atom stereocenters. The number of nitrogens with one attached hydrogen (secondary N) is 1. The molecule has 1 aromatic heterocycles. The van der Waals surface area contributed by atoms with Crippen molar-refractivity contribution in [3.63, 3.8) is 0 Å². The maximum absolute atomic E-state index is 5.71. The summed E-state index contributed by atoms with van der Waals surface area (Å²) >= 11 is 0. The van der Waals surface area contributed by atoms with Gasteiger partial charge in [-0.1, -0.05) is 5.10 Å². The first-order chi connectivity index (χ1) is 7.78. The Labute approximate surface area is 95.2 Å². The summed E-state index contributed by atoms with van der Waals surface area (Å²) in [7, 11) is 1.90. The van der Waals surface area contributed by atoms with E-state index in [1.54, 1.807) is 0 Å². The number of hydrogen-bond acceptors (Lipinski definition) is 5. The fourth-order valence-electron chi connectivity index (χ4n) is 2.80. The zero-order valence-corrected chi connectivity index (χ0v) is 9.81. The second-order valence-corrected chi connectivity index (χ2v) is 4.92. The molecule has 0 aromatic carbocycles. The van der Waals surface area contributed by atoms with Gasteiger partial charge in [-0.15, -0.1) is 5.10 Å². The molecule has 0 spiro atoms. The fraction of sp³-hybridized carbons (Fsp3) is 0.818. The van der Waals surface area contributed by atoms with Gasteiger partial charge in [0.2, 0.25) is 5.89 Å². The molecule has 3 rings (SSSR count). The van der Waals surface area contributed by atoms with Crippen LogP contribution in [0.25, 0.3) is 0 Å². The second kappa shape index (κ2) is 3.73. The predicted molar refractivity (Wildman–Crippen MR) is 60.2 cm³/mol. The summed E-state index contributed by atoms with van der Waals surface area (Å²) in [4.78, 5) is 2.28. The normalized spacial score (nSPS) is 30.0. The Morgan fingerprint density at radius 1 is 1.44 bits per heavy atom. The maximum atomic E-state index is 5.71. The quantitative estimate of drug-likeness (QED) is 0.836. The summed E-state index contributed by atoms with van der Waals surface area (Å²) < 4.78 is 5.71. The number of fused-ring (bicyclic) bond motifs is 2. The highest BCUT2D eigenvalue weighted by atomic mass is 16.4. The molecule has 0 radical (unpaired) electrons. The standard InChI is InChI=1S/C11H18N4O/c1-7(12-2)10-13-14-11(16-10)15-6-8-3-4-9(15)5-8/h7-9,12H,3-6H2,1-2H3. The minimum absolute atomic E-state index is 0.126. The monoisotopic (exact) mass is 222 g/mol. The first-order valence-electron chi connectivity index (χ1n) is 6.05. The number of anilines is 1. The van der Waals surface area contributed by atoms with E-state index in [0.29, 0.717) is 17.9 Å². The number of nitrogens with zero attached hydrogens (tertiary/aromatic N) is 3. The van der Waals surface area contributed by atoms with Gasteiger partial charge in [-0.2, -0.15) is 0 Å². The van der Waals surface area contributed by atoms with Crippen molar-refractivity contribution in [2.45, 2.75) is 38.3 Å². The molecule has 1 aliphatic heterocycles. The molecule has 2 aliphatic rings. The van der Waals surface area contributed by atoms with Gasteiger partial charge < -0.3 is 14.6 Å². The third kappa shape index (κ3) is 1.50. The smallest absolute Gasteiger partial charge is 0.318 e. The van der Waals surface area contributed by atoms with Crippen LogP contribution in [-0.2, 0) is 0 Å². The molecule has 3 atom stereocenters. The third-order valence-corrected chi connectivity index (χ3v) is 3.89. The van der Waals surface area contributed by atoms with E-state index in [2.05, 4.69) is 20.4 Å². The third-order valence-electron chi connectivity index (χ3n) is 3.89. The summed E-state index contributed by atoms with van der Waals surface area (Å²) in [5.41, 5.74) is 0. The first kappa shape index (κ1) is 10.1. The lowest BCUT2D eigenvalue weighted by atomic mass is 10.1. The van der Waals surface area contributed by atoms with E-state index in [4.69, 9.17) is 4.42 Å². The number of rotatable bonds is 3. The molecule has 1 saturated heterocycles. The van der Waals surface area contributed by atoms with Crippen LogP contribution in [0.15, 0.2) is 4.42 Å². The van der Waals surface area contributed by atoms with Crippen LogP contribution in [0.5, 0.6) is 0 Å². The van der Waals surface area contributed by atoms with Crippen LogP contribution in [0.1, 0.15) is 38.1 Å². The highest BCUT2D eigenvalue weighted by molar-refractivity contribution is 5.31. The molecule has 1 aliphatic carbocycles. The molecule has 5 heteroatoms. The summed E-state index contributed by atoms with van der Waals surface area (Å²) in [5, 5.41) is 11.4. The van der Waals surface area contributed by atoms with Crippen molar-refractivity contribution in [2.24, 2.45) is 5.92 Å². The Bertz CT molecular complexity index is 378. The van der Waals surface area contributed by atoms with Crippen molar-refractivity contribution in [1.29, 1.82) is 0 Å². The fourth-order valence-corrected chi connectivity index (χ4v) is 2.80. The van der Waals surface area contributed by atoms with Gasteiger partial charge >= 0.3 is 6.01 Å². The largest absolute Gasteiger partial charge is 0.406 e. The van der Waals surface area contributed by atoms with Gasteiger partial charge in [0.25, 0.3) is 0 Å². The van der Waals surface area contributed by atoms with E-state index in [9.17, 15) is 0 Å². The SMILES string of the molecule is CNC(C)c1nnc(N2CC3CCC2C3)o1. The molecule has 2 heterocycles. The zero-order valence-electron chi connectivity index (χ0n) is 9.81. The molecule has 1 saturated carbocycles. The van der Waals surface area contributed by atoms with E-state index in [1.165, 1.54) is 19.3 Å². The van der Waals surface area contributed by atoms with Gasteiger partial charge in [-0.25, -0.2) is 0 Å². The average molecular weight is 222 g/mol. The van der Waals surface area contributed by atoms with E-state index in [-0.39, 0.29) is 6.04 Å². The van der Waals surface area contributed by atoms with Gasteiger partial charge in [0, 0.05) is 12.6 Å². The molecule has 2 fully saturated rings. The average Bonchev–Trinajstić information content (AvgIpc) is 3.02. The summed E-state index contributed by atoms with van der Waals surface area (Å²) in [5.74, 6) is 1.53. The van der Waals surface area contributed by atoms with Crippen molar-refractivity contribution < 1.29 is 4.42 Å². The van der Waals surface area contributed by atoms with Crippen LogP contribution in [0.4, 0.5) is 6.01 Å². The van der Waals surface area contributed by atoms with Crippen LogP contribution in [-0.4, -0.2) is 29.8 Å². The number of piperidine rings is 1. The predicted octanol–water partition coefficient (Wildman–Crippen LogP) is 1.34. The Kier molecular flexibility index (Phi) is 2.35. The van der Waals surface area contributed by atoms with Crippen molar-refractivity contribution in [1.82, 2.24) is 15.5 Å². The lowest BCUT2D eigenvalue weighted by molar-refractivity contribution is 0.418. The van der Waals surface area contributed by atoms with Crippen molar-refractivity contribution in [3.8, 4) is 0 Å². The lowest BCUT2D eigenvalue weighted by Gasteiger charge is -2.24. The van der Waals surface area contributed by atoms with Crippen molar-refractivity contribution >= 4 is 6.01 Å². The molecule has 88 valence electrons. The van der Waals surface area contributed by atoms with Gasteiger partial charge in [-0.3, -0.25) is 0 Å². The van der Waals surface area contributed by atoms with Gasteiger partial charge in [-0.05, 0) is 39.2 Å². The minimum atomic E-state index is 0.126. The van der Waals surface area contributed by atoms with E-state index >= 15 is 0 Å². The highest BCUT2D eigenvalue weighted by Crippen LogP contribution is 2.39. The highest BCUT2D eigenvalue weighted by Gasteiger charge is 2.40. The van der Waals surface area contributed by atoms with Crippen molar-refractivity contribution in [2.75, 3.05) is 18.5 Å². The summed E-state index contributed by atoms with van der Waals surface area (Å²) in [6.07, 6.45) is 3.96. The molecule has 0 amide bonds. The van der Waals surface area contributed by atoms with E-state index in [0.717, 1.165) is 12.5 Å². The minimum Gasteiger partial charge on any atom is -0.406 e. The summed E-state index contributed by atoms with van der Waals surface area (Å²) in [6, 6.07) is 1.48. The van der Waals surface area contributed by atoms with Crippen LogP contribution in [0.3, 0.4) is 0 Å². The van der Waals surface area contributed by atoms with Crippen molar-refractivity contribution in [3.05, 3.63) is 5.89 Å². The number of aromatic nitrogens is 2. The molecular formula is C11H18N4O. The zero-order chi connectivity index (χ0) is 11.1. The molecule has 1 aromatic rings. The molecule has 2 bridgehead atoms. The molecular weight excluding hydrogens is 204 g/mol. The Morgan fingerprint density at radius 2 is 2.31 bits per heavy atom. The van der Waals surface area contributed by atoms with Crippen LogP contribution in [0, 0.1) is 5.92 Å². The Morgan fingerprint density at radius 3 is 2.94 bits per heavy atom. The van der Waals surface area contributed by atoms with E-state index in [1.807, 2.05) is 14.0 Å². The first-order valence-corrected chi connectivity index (χ1v) is 6.05. The van der Waals surface area contributed by atoms with E-state index < -0.39 is 0 Å². The molecule has 16 heavy (non-hydrogen) atoms. The van der Waals surface area contributed by atoms with Gasteiger partial charge in [0.15, 0.2) is 0 Å². The Balaban J connectivity index is 1.77. The number of hydrogen-bond donors (Lipinski definition) is 1. The Hall–Kier alpha value is -1.10. The van der Waals surface area contributed by atoms with Crippen LogP contribution in [0.2, 0.25) is 0 Å². The van der Waals surface area contributed by atoms with Crippen LogP contribution >= 0.6 is 0 Å². The topological polar surface area (TPSA) is 54.2 Å².